The molecule has 0 aromatic carbocycles. The summed E-state index contributed by atoms with van der Waals surface area (Å²) < 4.78 is 29.9. The predicted molar refractivity (Wildman–Crippen MR) is 224 cm³/mol. The van der Waals surface area contributed by atoms with Crippen molar-refractivity contribution in [3.8, 4) is 5.88 Å². The largest absolute Gasteiger partial charge is 0.481 e. The molecule has 4 saturated carbocycles. The van der Waals surface area contributed by atoms with Gasteiger partial charge in [-0.05, 0) is 146 Å². The van der Waals surface area contributed by atoms with Crippen molar-refractivity contribution in [2.75, 3.05) is 44.3 Å². The molecule has 5 fully saturated rings. The fourth-order valence-corrected chi connectivity index (χ4v) is 16.4. The van der Waals surface area contributed by atoms with Gasteiger partial charge in [-0.3, -0.25) is 4.79 Å². The highest BCUT2D eigenvalue weighted by Gasteiger charge is 2.69. The second-order valence-corrected chi connectivity index (χ2v) is 23.5. The quantitative estimate of drug-likeness (QED) is 0.241. The van der Waals surface area contributed by atoms with E-state index in [9.17, 15) is 18.3 Å². The highest BCUT2D eigenvalue weighted by atomic mass is 35.5. The molecule has 0 spiro atoms. The molecule has 1 saturated heterocycles. The van der Waals surface area contributed by atoms with Crippen molar-refractivity contribution < 1.29 is 23.1 Å². The molecule has 1 aliphatic heterocycles. The van der Waals surface area contributed by atoms with Crippen LogP contribution in [-0.2, 0) is 14.6 Å². The maximum Gasteiger partial charge on any atom is 0.310 e. The van der Waals surface area contributed by atoms with Crippen molar-refractivity contribution in [2.24, 2.45) is 50.7 Å². The summed E-state index contributed by atoms with van der Waals surface area (Å²) in [6, 6.07) is 3.38. The Kier molecular flexibility index (Phi) is 10.7. The van der Waals surface area contributed by atoms with Crippen LogP contribution in [0, 0.1) is 50.7 Å². The van der Waals surface area contributed by atoms with Crippen LogP contribution in [0.15, 0.2) is 41.6 Å². The number of nitrogens with zero attached hydrogens (tertiary/aromatic N) is 2. The average Bonchev–Trinajstić information content (AvgIpc) is 3.57. The Bertz CT molecular complexity index is 1850. The summed E-state index contributed by atoms with van der Waals surface area (Å²) in [6.45, 7) is 16.7. The van der Waals surface area contributed by atoms with E-state index in [2.05, 4.69) is 62.0 Å². The van der Waals surface area contributed by atoms with Crippen molar-refractivity contribution in [1.29, 1.82) is 0 Å². The van der Waals surface area contributed by atoms with E-state index in [1.807, 2.05) is 0 Å². The first-order valence-corrected chi connectivity index (χ1v) is 24.2. The minimum atomic E-state index is -2.85. The van der Waals surface area contributed by atoms with Gasteiger partial charge in [-0.25, -0.2) is 13.4 Å². The minimum absolute atomic E-state index is 0.0259. The van der Waals surface area contributed by atoms with Gasteiger partial charge in [-0.15, -0.1) is 0 Å². The molecule has 1 aromatic rings. The van der Waals surface area contributed by atoms with Crippen molar-refractivity contribution in [2.45, 2.75) is 130 Å². The summed E-state index contributed by atoms with van der Waals surface area (Å²) in [4.78, 5) is 19.3. The number of aliphatic carboxylic acids is 1. The molecule has 7 aliphatic rings. The van der Waals surface area contributed by atoms with Gasteiger partial charge in [0.2, 0.25) is 5.88 Å². The number of hydrogen-bond acceptors (Lipinski definition) is 7. The van der Waals surface area contributed by atoms with E-state index in [0.29, 0.717) is 84.0 Å². The Labute approximate surface area is 342 Å². The van der Waals surface area contributed by atoms with Crippen LogP contribution in [0.1, 0.15) is 125 Å². The van der Waals surface area contributed by atoms with Gasteiger partial charge < -0.3 is 20.1 Å². The van der Waals surface area contributed by atoms with E-state index < -0.39 is 21.2 Å². The molecular formula is C46H68ClN3O5S. The molecule has 0 radical (unpaired) electrons. The zero-order valence-electron chi connectivity index (χ0n) is 34.8. The van der Waals surface area contributed by atoms with Gasteiger partial charge in [-0.1, -0.05) is 64.8 Å². The van der Waals surface area contributed by atoms with Crippen LogP contribution in [0.4, 0.5) is 0 Å². The number of nitrogens with one attached hydrogen (secondary N) is 1. The third kappa shape index (κ3) is 6.73. The van der Waals surface area contributed by atoms with Crippen molar-refractivity contribution in [3.63, 3.8) is 0 Å². The van der Waals surface area contributed by atoms with Crippen molar-refractivity contribution in [3.05, 3.63) is 46.7 Å². The molecule has 1 aromatic heterocycles. The standard InChI is InChI=1S/C46H68ClN3O5S/c1-41(2)34(32-10-18-45(19-11-32,40(51)52)22-28-55-39-31-33(47)14-23-48-39)12-16-42(3)37(41)13-17-44(5)38(42)9-8-35-36-7-6-15-46(36,21-20-43(35,44)4)49-24-25-50-26-29-56(53,54)30-27-50/h10,12,14,23,31,35-38,49H,6-9,11,13,15-22,24-30H2,1-5H3,(H,51,52)/t35-,36-,37?,38?,42+,43-,44-,45?,46+/m1/s1. The van der Waals surface area contributed by atoms with Gasteiger partial charge in [0.15, 0.2) is 9.84 Å². The summed E-state index contributed by atoms with van der Waals surface area (Å²) in [5, 5.41) is 15.2. The van der Waals surface area contributed by atoms with Crippen molar-refractivity contribution >= 4 is 27.4 Å². The molecule has 9 atom stereocenters. The SMILES string of the molecule is CC1(C)C(C2=CCC(CCOc3cc(Cl)ccn3)(C(=O)O)CC2)=CC[C@@]2(C)C1CC[C@]1(C)C2CC[C@@H]2[C@H]3CCC[C@]3(NCCN3CCS(=O)(=O)CC3)CC[C@]21C. The maximum atomic E-state index is 12.7. The Balaban J connectivity index is 0.958. The van der Waals surface area contributed by atoms with Gasteiger partial charge in [0, 0.05) is 49.0 Å². The molecular weight excluding hydrogens is 742 g/mol. The number of sulfone groups is 1. The number of hydrogen-bond donors (Lipinski definition) is 2. The predicted octanol–water partition coefficient (Wildman–Crippen LogP) is 9.15. The monoisotopic (exact) mass is 809 g/mol. The lowest BCUT2D eigenvalue weighted by Crippen LogP contribution is -2.67. The van der Waals surface area contributed by atoms with Crippen LogP contribution < -0.4 is 10.1 Å². The van der Waals surface area contributed by atoms with Crippen LogP contribution in [0.25, 0.3) is 0 Å². The lowest BCUT2D eigenvalue weighted by Gasteiger charge is -2.72. The number of aromatic nitrogens is 1. The number of ether oxygens (including phenoxy) is 1. The molecule has 8 rings (SSSR count). The fourth-order valence-electron chi connectivity index (χ4n) is 15.0. The van der Waals surface area contributed by atoms with Crippen LogP contribution in [-0.4, -0.2) is 79.2 Å². The molecule has 3 unspecified atom stereocenters. The second kappa shape index (κ2) is 14.7. The molecule has 6 aliphatic carbocycles. The summed E-state index contributed by atoms with van der Waals surface area (Å²) in [6.07, 6.45) is 21.7. The number of rotatable bonds is 10. The lowest BCUT2D eigenvalue weighted by molar-refractivity contribution is -0.218. The number of pyridine rings is 1. The molecule has 310 valence electrons. The number of carboxylic acid groups (broad SMARTS) is 1. The number of allylic oxidation sites excluding steroid dienone is 4. The average molecular weight is 811 g/mol. The molecule has 0 amide bonds. The first-order valence-electron chi connectivity index (χ1n) is 22.0. The van der Waals surface area contributed by atoms with E-state index >= 15 is 0 Å². The highest BCUT2D eigenvalue weighted by molar-refractivity contribution is 7.91. The van der Waals surface area contributed by atoms with Gasteiger partial charge in [0.25, 0.3) is 0 Å². The van der Waals surface area contributed by atoms with Gasteiger partial charge >= 0.3 is 5.97 Å². The fraction of sp³-hybridized carbons (Fsp3) is 0.783. The van der Waals surface area contributed by atoms with Crippen LogP contribution >= 0.6 is 11.6 Å². The van der Waals surface area contributed by atoms with Gasteiger partial charge in [0.05, 0.1) is 23.5 Å². The normalized spacial score (nSPS) is 41.6. The minimum Gasteiger partial charge on any atom is -0.481 e. The first-order chi connectivity index (χ1) is 26.5. The summed E-state index contributed by atoms with van der Waals surface area (Å²) in [7, 11) is -2.85. The number of fused-ring (bicyclic) bond motifs is 7. The molecule has 2 heterocycles. The first kappa shape index (κ1) is 40.8. The third-order valence-corrected chi connectivity index (χ3v) is 20.1. The molecule has 2 N–H and O–H groups in total. The lowest BCUT2D eigenvalue weighted by atomic mass is 9.33. The van der Waals surface area contributed by atoms with E-state index in [-0.39, 0.29) is 16.4 Å². The summed E-state index contributed by atoms with van der Waals surface area (Å²) in [5.41, 5.74) is 3.17. The van der Waals surface area contributed by atoms with E-state index in [4.69, 9.17) is 16.3 Å². The summed E-state index contributed by atoms with van der Waals surface area (Å²) >= 11 is 6.11. The highest BCUT2D eigenvalue weighted by Crippen LogP contribution is 2.76. The van der Waals surface area contributed by atoms with E-state index in [0.717, 1.165) is 37.8 Å². The Morgan fingerprint density at radius 2 is 1.73 bits per heavy atom. The van der Waals surface area contributed by atoms with E-state index in [1.54, 1.807) is 18.3 Å². The van der Waals surface area contributed by atoms with Crippen LogP contribution in [0.2, 0.25) is 5.02 Å². The topological polar surface area (TPSA) is 109 Å². The van der Waals surface area contributed by atoms with Gasteiger partial charge in [-0.2, -0.15) is 0 Å². The zero-order chi connectivity index (χ0) is 39.8. The molecule has 8 nitrogen and oxygen atoms in total. The van der Waals surface area contributed by atoms with Gasteiger partial charge in [0.1, 0.15) is 0 Å². The van der Waals surface area contributed by atoms with Crippen molar-refractivity contribution in [1.82, 2.24) is 15.2 Å². The molecule has 0 bridgehead atoms. The second-order valence-electron chi connectivity index (χ2n) is 20.7. The Morgan fingerprint density at radius 3 is 2.45 bits per heavy atom. The smallest absolute Gasteiger partial charge is 0.310 e. The molecule has 10 heteroatoms. The number of halogens is 1. The number of carbonyl (C=O) groups is 1. The number of carboxylic acids is 1. The van der Waals surface area contributed by atoms with Crippen LogP contribution in [0.5, 0.6) is 5.88 Å². The third-order valence-electron chi connectivity index (χ3n) is 18.2. The molecule has 56 heavy (non-hydrogen) atoms. The Morgan fingerprint density at radius 1 is 0.946 bits per heavy atom. The maximum absolute atomic E-state index is 12.7. The van der Waals surface area contributed by atoms with Crippen LogP contribution in [0.3, 0.4) is 0 Å². The zero-order valence-corrected chi connectivity index (χ0v) is 36.4. The van der Waals surface area contributed by atoms with E-state index in [1.165, 1.54) is 68.9 Å². The Hall–Kier alpha value is -1.94. The summed E-state index contributed by atoms with van der Waals surface area (Å²) in [5.74, 6) is 3.09.